The Morgan fingerprint density at radius 1 is 1.36 bits per heavy atom. The highest BCUT2D eigenvalue weighted by atomic mass is 16.5. The summed E-state index contributed by atoms with van der Waals surface area (Å²) in [6, 6.07) is 5.72. The van der Waals surface area contributed by atoms with Crippen molar-refractivity contribution in [1.82, 2.24) is 4.98 Å². The number of hydrogen-bond donors (Lipinski definition) is 0. The van der Waals surface area contributed by atoms with Gasteiger partial charge >= 0.3 is 5.97 Å². The number of nitrogens with zero attached hydrogens (tertiary/aromatic N) is 1. The molecule has 1 rings (SSSR count). The van der Waals surface area contributed by atoms with E-state index in [2.05, 4.69) is 22.9 Å². The molecule has 14 heavy (non-hydrogen) atoms. The van der Waals surface area contributed by atoms with Crippen LogP contribution in [0.2, 0.25) is 0 Å². The number of carbonyl (C=O) groups excluding carboxylic acids is 1. The first-order valence-electron chi connectivity index (χ1n) is 4.01. The first-order chi connectivity index (χ1) is 6.68. The molecule has 3 nitrogen and oxygen atoms in total. The molecular formula is C11H13NO2. The summed E-state index contributed by atoms with van der Waals surface area (Å²) in [6.45, 7) is 8.13. The third-order valence-corrected chi connectivity index (χ3v) is 1.11. The van der Waals surface area contributed by atoms with Crippen LogP contribution in [0.5, 0.6) is 0 Å². The van der Waals surface area contributed by atoms with Crippen LogP contribution in [-0.2, 0) is 9.53 Å². The molecule has 0 atom stereocenters. The maximum absolute atomic E-state index is 10.3. The SMILES string of the molecule is C=COC(=O)C(=C)C.c1ccncc1. The molecule has 74 valence electrons. The lowest BCUT2D eigenvalue weighted by Crippen LogP contribution is -1.98. The van der Waals surface area contributed by atoms with Crippen LogP contribution in [0.15, 0.2) is 55.6 Å². The fourth-order valence-electron chi connectivity index (χ4n) is 0.489. The third-order valence-electron chi connectivity index (χ3n) is 1.11. The standard InChI is InChI=1S/C6H8O2.C5H5N/c1-4-8-6(7)5(2)3;1-2-4-6-5-3-1/h4H,1-2H2,3H3;1-5H. The lowest BCUT2D eigenvalue weighted by molar-refractivity contribution is -0.133. The third kappa shape index (κ3) is 6.79. The van der Waals surface area contributed by atoms with E-state index in [1.54, 1.807) is 19.3 Å². The second kappa shape index (κ2) is 7.73. The number of carbonyl (C=O) groups is 1. The molecule has 3 heteroatoms. The molecule has 0 fully saturated rings. The van der Waals surface area contributed by atoms with E-state index in [0.717, 1.165) is 6.26 Å². The second-order valence-electron chi connectivity index (χ2n) is 2.38. The zero-order valence-electron chi connectivity index (χ0n) is 8.14. The molecule has 0 aliphatic rings. The topological polar surface area (TPSA) is 39.2 Å². The summed E-state index contributed by atoms with van der Waals surface area (Å²) < 4.78 is 4.33. The van der Waals surface area contributed by atoms with E-state index < -0.39 is 5.97 Å². The van der Waals surface area contributed by atoms with Crippen molar-refractivity contribution in [2.24, 2.45) is 0 Å². The molecule has 1 aromatic rings. The Morgan fingerprint density at radius 2 is 1.93 bits per heavy atom. The molecule has 0 N–H and O–H groups in total. The minimum Gasteiger partial charge on any atom is -0.432 e. The van der Waals surface area contributed by atoms with Gasteiger partial charge in [0.15, 0.2) is 0 Å². The molecule has 0 aromatic carbocycles. The largest absolute Gasteiger partial charge is 0.432 e. The van der Waals surface area contributed by atoms with Crippen molar-refractivity contribution in [3.8, 4) is 0 Å². The van der Waals surface area contributed by atoms with Gasteiger partial charge in [-0.05, 0) is 19.1 Å². The number of hydrogen-bond acceptors (Lipinski definition) is 3. The lowest BCUT2D eigenvalue weighted by Gasteiger charge is -1.92. The van der Waals surface area contributed by atoms with Crippen LogP contribution in [-0.4, -0.2) is 11.0 Å². The summed E-state index contributed by atoms with van der Waals surface area (Å²) in [4.78, 5) is 14.1. The molecule has 0 aliphatic carbocycles. The first-order valence-corrected chi connectivity index (χ1v) is 4.01. The molecule has 0 aliphatic heterocycles. The Kier molecular flexibility index (Phi) is 6.68. The average Bonchev–Trinajstić information content (AvgIpc) is 2.21. The monoisotopic (exact) mass is 191 g/mol. The maximum atomic E-state index is 10.3. The van der Waals surface area contributed by atoms with Gasteiger partial charge in [-0.3, -0.25) is 4.98 Å². The van der Waals surface area contributed by atoms with Crippen LogP contribution in [0.3, 0.4) is 0 Å². The Bertz CT molecular complexity index is 267. The minimum absolute atomic E-state index is 0.380. The zero-order valence-corrected chi connectivity index (χ0v) is 8.14. The fourth-order valence-corrected chi connectivity index (χ4v) is 0.489. The van der Waals surface area contributed by atoms with E-state index in [9.17, 15) is 4.79 Å². The molecule has 0 saturated heterocycles. The van der Waals surface area contributed by atoms with Gasteiger partial charge in [-0.15, -0.1) is 0 Å². The molecule has 0 spiro atoms. The predicted molar refractivity (Wildman–Crippen MR) is 55.3 cm³/mol. The number of aromatic nitrogens is 1. The van der Waals surface area contributed by atoms with Gasteiger partial charge in [-0.1, -0.05) is 19.2 Å². The molecule has 1 heterocycles. The minimum atomic E-state index is -0.431. The summed E-state index contributed by atoms with van der Waals surface area (Å²) in [5.74, 6) is -0.431. The number of rotatable bonds is 2. The number of pyridine rings is 1. The van der Waals surface area contributed by atoms with E-state index in [-0.39, 0.29) is 0 Å². The van der Waals surface area contributed by atoms with Crippen molar-refractivity contribution < 1.29 is 9.53 Å². The summed E-state index contributed by atoms with van der Waals surface area (Å²) in [7, 11) is 0. The van der Waals surface area contributed by atoms with E-state index in [1.165, 1.54) is 0 Å². The van der Waals surface area contributed by atoms with E-state index in [0.29, 0.717) is 5.57 Å². The summed E-state index contributed by atoms with van der Waals surface area (Å²) in [5.41, 5.74) is 0.380. The highest BCUT2D eigenvalue weighted by Crippen LogP contribution is 1.90. The molecule has 0 radical (unpaired) electrons. The Labute approximate surface area is 83.7 Å². The van der Waals surface area contributed by atoms with Crippen LogP contribution < -0.4 is 0 Å². The van der Waals surface area contributed by atoms with Gasteiger partial charge in [-0.25, -0.2) is 4.79 Å². The number of ether oxygens (including phenoxy) is 1. The van der Waals surface area contributed by atoms with Crippen LogP contribution in [0, 0.1) is 0 Å². The van der Waals surface area contributed by atoms with E-state index in [4.69, 9.17) is 0 Å². The quantitative estimate of drug-likeness (QED) is 0.409. The first kappa shape index (κ1) is 12.1. The van der Waals surface area contributed by atoms with Gasteiger partial charge in [0.05, 0.1) is 6.26 Å². The van der Waals surface area contributed by atoms with Gasteiger partial charge in [0.1, 0.15) is 0 Å². The molecular weight excluding hydrogens is 178 g/mol. The Balaban J connectivity index is 0.000000249. The predicted octanol–water partition coefficient (Wildman–Crippen LogP) is 2.33. The summed E-state index contributed by atoms with van der Waals surface area (Å²) in [6.07, 6.45) is 4.58. The highest BCUT2D eigenvalue weighted by molar-refractivity contribution is 5.87. The van der Waals surface area contributed by atoms with Crippen molar-refractivity contribution in [2.75, 3.05) is 0 Å². The molecule has 0 saturated carbocycles. The van der Waals surface area contributed by atoms with E-state index >= 15 is 0 Å². The number of esters is 1. The smallest absolute Gasteiger partial charge is 0.337 e. The fraction of sp³-hybridized carbons (Fsp3) is 0.0909. The highest BCUT2D eigenvalue weighted by Gasteiger charge is 1.97. The zero-order chi connectivity index (χ0) is 10.8. The van der Waals surface area contributed by atoms with Crippen LogP contribution in [0.4, 0.5) is 0 Å². The van der Waals surface area contributed by atoms with E-state index in [1.807, 2.05) is 18.2 Å². The van der Waals surface area contributed by atoms with Gasteiger partial charge in [-0.2, -0.15) is 0 Å². The van der Waals surface area contributed by atoms with Gasteiger partial charge < -0.3 is 4.74 Å². The molecule has 0 unspecified atom stereocenters. The van der Waals surface area contributed by atoms with Crippen LogP contribution in [0.1, 0.15) is 6.92 Å². The Morgan fingerprint density at radius 3 is 2.07 bits per heavy atom. The van der Waals surface area contributed by atoms with Crippen molar-refractivity contribution in [1.29, 1.82) is 0 Å². The van der Waals surface area contributed by atoms with Crippen LogP contribution in [0.25, 0.3) is 0 Å². The normalized spacial score (nSPS) is 7.79. The van der Waals surface area contributed by atoms with Crippen LogP contribution >= 0.6 is 0 Å². The van der Waals surface area contributed by atoms with Crippen molar-refractivity contribution >= 4 is 5.97 Å². The summed E-state index contributed by atoms with van der Waals surface area (Å²) in [5, 5.41) is 0. The van der Waals surface area contributed by atoms with Gasteiger partial charge in [0.25, 0.3) is 0 Å². The van der Waals surface area contributed by atoms with Crippen molar-refractivity contribution in [3.63, 3.8) is 0 Å². The molecule has 1 aromatic heterocycles. The lowest BCUT2D eigenvalue weighted by atomic mass is 10.4. The van der Waals surface area contributed by atoms with Crippen molar-refractivity contribution in [3.05, 3.63) is 55.6 Å². The Hall–Kier alpha value is -1.90. The average molecular weight is 191 g/mol. The van der Waals surface area contributed by atoms with Gasteiger partial charge in [0, 0.05) is 18.0 Å². The molecule has 0 bridgehead atoms. The second-order valence-corrected chi connectivity index (χ2v) is 2.38. The summed E-state index contributed by atoms with van der Waals surface area (Å²) >= 11 is 0. The van der Waals surface area contributed by atoms with Crippen molar-refractivity contribution in [2.45, 2.75) is 6.92 Å². The molecule has 0 amide bonds. The maximum Gasteiger partial charge on any atom is 0.337 e. The van der Waals surface area contributed by atoms with Gasteiger partial charge in [0.2, 0.25) is 0 Å².